The number of aryl methyl sites for hydroxylation is 1. The van der Waals surface area contributed by atoms with Gasteiger partial charge in [-0.15, -0.1) is 0 Å². The molecular weight excluding hydrogens is 246 g/mol. The fourth-order valence-electron chi connectivity index (χ4n) is 3.09. The highest BCUT2D eigenvalue weighted by Crippen LogP contribution is 2.39. The van der Waals surface area contributed by atoms with Crippen LogP contribution in [0.15, 0.2) is 53.6 Å². The fourth-order valence-corrected chi connectivity index (χ4v) is 3.09. The lowest BCUT2D eigenvalue weighted by Crippen LogP contribution is -1.86. The van der Waals surface area contributed by atoms with Gasteiger partial charge in [-0.1, -0.05) is 47.6 Å². The van der Waals surface area contributed by atoms with Crippen molar-refractivity contribution in [3.05, 3.63) is 64.5 Å². The van der Waals surface area contributed by atoms with Crippen LogP contribution < -0.4 is 0 Å². The Kier molecular flexibility index (Phi) is 2.14. The van der Waals surface area contributed by atoms with Crippen molar-refractivity contribution in [1.82, 2.24) is 0 Å². The second-order valence-electron chi connectivity index (χ2n) is 5.07. The quantitative estimate of drug-likeness (QED) is 0.178. The number of benzene rings is 4. The van der Waals surface area contributed by atoms with Crippen LogP contribution in [0.2, 0.25) is 0 Å². The smallest absolute Gasteiger partial charge is 0.0416 e. The molecule has 0 spiro atoms. The van der Waals surface area contributed by atoms with Crippen molar-refractivity contribution in [3.8, 4) is 0 Å². The molecule has 0 saturated heterocycles. The van der Waals surface area contributed by atoms with E-state index in [4.69, 9.17) is 5.53 Å². The molecule has 0 N–H and O–H groups in total. The summed E-state index contributed by atoms with van der Waals surface area (Å²) in [6, 6.07) is 16.8. The van der Waals surface area contributed by atoms with Crippen molar-refractivity contribution in [2.75, 3.05) is 0 Å². The molecule has 0 unspecified atom stereocenters. The summed E-state index contributed by atoms with van der Waals surface area (Å²) in [6.07, 6.45) is 0. The van der Waals surface area contributed by atoms with Gasteiger partial charge in [0.25, 0.3) is 0 Å². The van der Waals surface area contributed by atoms with Crippen molar-refractivity contribution in [2.24, 2.45) is 5.11 Å². The van der Waals surface area contributed by atoms with E-state index in [0.717, 1.165) is 16.3 Å². The van der Waals surface area contributed by atoms with Crippen molar-refractivity contribution >= 4 is 38.0 Å². The van der Waals surface area contributed by atoms with E-state index < -0.39 is 0 Å². The zero-order valence-corrected chi connectivity index (χ0v) is 11.0. The summed E-state index contributed by atoms with van der Waals surface area (Å²) in [5.41, 5.74) is 10.4. The first-order valence-electron chi connectivity index (χ1n) is 6.52. The predicted octanol–water partition coefficient (Wildman–Crippen LogP) is 5.83. The van der Waals surface area contributed by atoms with E-state index in [2.05, 4.69) is 52.5 Å². The molecule has 0 aliphatic rings. The highest BCUT2D eigenvalue weighted by Gasteiger charge is 2.11. The Labute approximate surface area is 115 Å². The van der Waals surface area contributed by atoms with Crippen LogP contribution in [0.5, 0.6) is 0 Å². The van der Waals surface area contributed by atoms with Crippen molar-refractivity contribution in [3.63, 3.8) is 0 Å². The van der Waals surface area contributed by atoms with Crippen molar-refractivity contribution in [1.29, 1.82) is 0 Å². The van der Waals surface area contributed by atoms with E-state index in [1.165, 1.54) is 21.5 Å². The summed E-state index contributed by atoms with van der Waals surface area (Å²) >= 11 is 0. The van der Waals surface area contributed by atoms with Crippen LogP contribution in [0.25, 0.3) is 42.8 Å². The van der Waals surface area contributed by atoms with Gasteiger partial charge in [-0.05, 0) is 56.4 Å². The maximum absolute atomic E-state index is 8.70. The Bertz CT molecular complexity index is 995. The summed E-state index contributed by atoms with van der Waals surface area (Å²) in [4.78, 5) is 2.93. The average Bonchev–Trinajstić information content (AvgIpc) is 2.48. The number of hydrogen-bond donors (Lipinski definition) is 0. The first-order valence-corrected chi connectivity index (χ1v) is 6.52. The van der Waals surface area contributed by atoms with Crippen LogP contribution in [-0.4, -0.2) is 0 Å². The second-order valence-corrected chi connectivity index (χ2v) is 5.07. The van der Waals surface area contributed by atoms with Crippen LogP contribution in [0, 0.1) is 6.92 Å². The zero-order valence-electron chi connectivity index (χ0n) is 11.0. The van der Waals surface area contributed by atoms with Gasteiger partial charge in [0.2, 0.25) is 0 Å². The average molecular weight is 257 g/mol. The first kappa shape index (κ1) is 11.1. The van der Waals surface area contributed by atoms with E-state index in [1.807, 2.05) is 13.0 Å². The minimum absolute atomic E-state index is 0.707. The predicted molar refractivity (Wildman–Crippen MR) is 83.7 cm³/mol. The lowest BCUT2D eigenvalue weighted by molar-refractivity contribution is 1.42. The Morgan fingerprint density at radius 3 is 2.35 bits per heavy atom. The molecule has 4 rings (SSSR count). The topological polar surface area (TPSA) is 48.8 Å². The van der Waals surface area contributed by atoms with Gasteiger partial charge < -0.3 is 0 Å². The molecule has 3 nitrogen and oxygen atoms in total. The number of azide groups is 1. The summed E-state index contributed by atoms with van der Waals surface area (Å²) in [5.74, 6) is 0. The van der Waals surface area contributed by atoms with E-state index in [0.29, 0.717) is 5.69 Å². The third-order valence-electron chi connectivity index (χ3n) is 4.04. The summed E-state index contributed by atoms with van der Waals surface area (Å²) in [5, 5.41) is 11.1. The third kappa shape index (κ3) is 1.33. The molecule has 0 bridgehead atoms. The molecule has 0 heterocycles. The number of nitrogens with zero attached hydrogens (tertiary/aromatic N) is 3. The summed E-state index contributed by atoms with van der Waals surface area (Å²) in [6.45, 7) is 2.01. The van der Waals surface area contributed by atoms with Crippen molar-refractivity contribution in [2.45, 2.75) is 6.92 Å². The minimum Gasteiger partial charge on any atom is -0.0610 e. The van der Waals surface area contributed by atoms with Gasteiger partial charge in [-0.25, -0.2) is 0 Å². The summed E-state index contributed by atoms with van der Waals surface area (Å²) < 4.78 is 0. The molecular formula is C17H11N3. The number of hydrogen-bond acceptors (Lipinski definition) is 1. The molecule has 0 amide bonds. The van der Waals surface area contributed by atoms with Crippen LogP contribution in [0.3, 0.4) is 0 Å². The molecule has 94 valence electrons. The molecule has 4 aromatic carbocycles. The van der Waals surface area contributed by atoms with E-state index in [-0.39, 0.29) is 0 Å². The van der Waals surface area contributed by atoms with E-state index >= 15 is 0 Å². The minimum atomic E-state index is 0.707. The fraction of sp³-hybridized carbons (Fsp3) is 0.0588. The van der Waals surface area contributed by atoms with E-state index in [1.54, 1.807) is 0 Å². The second kappa shape index (κ2) is 3.86. The van der Waals surface area contributed by atoms with Gasteiger partial charge >= 0.3 is 0 Å². The molecule has 0 fully saturated rings. The maximum atomic E-state index is 8.70. The molecule has 0 aromatic heterocycles. The lowest BCUT2D eigenvalue weighted by Gasteiger charge is -2.13. The zero-order chi connectivity index (χ0) is 13.7. The largest absolute Gasteiger partial charge is 0.0610 e. The van der Waals surface area contributed by atoms with Gasteiger partial charge in [-0.3, -0.25) is 0 Å². The number of rotatable bonds is 1. The highest BCUT2D eigenvalue weighted by molar-refractivity contribution is 6.24. The van der Waals surface area contributed by atoms with Crippen LogP contribution in [0.1, 0.15) is 5.56 Å². The molecule has 0 saturated carbocycles. The van der Waals surface area contributed by atoms with Crippen LogP contribution in [0.4, 0.5) is 5.69 Å². The Morgan fingerprint density at radius 1 is 0.900 bits per heavy atom. The highest BCUT2D eigenvalue weighted by atomic mass is 15.1. The maximum Gasteiger partial charge on any atom is 0.0416 e. The van der Waals surface area contributed by atoms with Crippen LogP contribution >= 0.6 is 0 Å². The molecule has 3 heteroatoms. The Morgan fingerprint density at radius 2 is 1.60 bits per heavy atom. The standard InChI is InChI=1S/C17H11N3/c1-10-14-8-7-12-4-2-3-11-5-6-13(17(14)16(11)12)9-15(10)19-20-18/h2-9H,1H3. The van der Waals surface area contributed by atoms with Crippen molar-refractivity contribution < 1.29 is 0 Å². The van der Waals surface area contributed by atoms with Gasteiger partial charge in [0.1, 0.15) is 0 Å². The van der Waals surface area contributed by atoms with Gasteiger partial charge in [-0.2, -0.15) is 0 Å². The normalized spacial score (nSPS) is 11.2. The molecule has 0 aliphatic heterocycles. The van der Waals surface area contributed by atoms with Gasteiger partial charge in [0, 0.05) is 10.6 Å². The Balaban J connectivity index is 2.35. The van der Waals surface area contributed by atoms with Crippen LogP contribution in [-0.2, 0) is 0 Å². The van der Waals surface area contributed by atoms with Gasteiger partial charge in [0.15, 0.2) is 0 Å². The lowest BCUT2D eigenvalue weighted by atomic mass is 9.91. The first-order chi connectivity index (χ1) is 9.79. The SMILES string of the molecule is Cc1c(N=[N+]=[N-])cc2ccc3cccc4ccc1c2c34. The van der Waals surface area contributed by atoms with E-state index in [9.17, 15) is 0 Å². The summed E-state index contributed by atoms with van der Waals surface area (Å²) in [7, 11) is 0. The molecule has 20 heavy (non-hydrogen) atoms. The van der Waals surface area contributed by atoms with Gasteiger partial charge in [0.05, 0.1) is 0 Å². The molecule has 0 aliphatic carbocycles. The monoisotopic (exact) mass is 257 g/mol. The Hall–Kier alpha value is -2.77. The molecule has 0 atom stereocenters. The third-order valence-corrected chi connectivity index (χ3v) is 4.04. The molecule has 0 radical (unpaired) electrons. The molecule has 4 aromatic rings.